The first kappa shape index (κ1) is 19.5. The third-order valence-electron chi connectivity index (χ3n) is 6.67. The highest BCUT2D eigenvalue weighted by Gasteiger charge is 2.43. The van der Waals surface area contributed by atoms with Crippen molar-refractivity contribution in [1.82, 2.24) is 24.6 Å². The second-order valence-corrected chi connectivity index (χ2v) is 9.05. The van der Waals surface area contributed by atoms with Gasteiger partial charge in [-0.25, -0.2) is 14.5 Å². The Labute approximate surface area is 191 Å². The van der Waals surface area contributed by atoms with E-state index < -0.39 is 0 Å². The Morgan fingerprint density at radius 1 is 1.00 bits per heavy atom. The minimum Gasteiger partial charge on any atom is -0.470 e. The van der Waals surface area contributed by atoms with Crippen LogP contribution in [0, 0.1) is 13.8 Å². The molecule has 0 radical (unpaired) electrons. The molecule has 6 rings (SSSR count). The lowest BCUT2D eigenvalue weighted by atomic mass is 9.87. The van der Waals surface area contributed by atoms with Crippen LogP contribution in [0.5, 0.6) is 5.88 Å². The number of halogens is 1. The Morgan fingerprint density at radius 2 is 1.84 bits per heavy atom. The van der Waals surface area contributed by atoms with Gasteiger partial charge in [0.15, 0.2) is 5.82 Å². The Bertz CT molecular complexity index is 1310. The summed E-state index contributed by atoms with van der Waals surface area (Å²) >= 11 is 6.60. The van der Waals surface area contributed by atoms with Gasteiger partial charge in [0.25, 0.3) is 0 Å². The fraction of sp³-hybridized carbons (Fsp3) is 0.333. The number of piperidine rings is 1. The van der Waals surface area contributed by atoms with Gasteiger partial charge in [0.05, 0.1) is 28.3 Å². The number of hydrogen-bond donors (Lipinski definition) is 0. The van der Waals surface area contributed by atoms with E-state index in [1.807, 2.05) is 42.8 Å². The largest absolute Gasteiger partial charge is 0.470 e. The molecule has 8 heteroatoms. The second-order valence-electron chi connectivity index (χ2n) is 8.67. The summed E-state index contributed by atoms with van der Waals surface area (Å²) in [6.07, 6.45) is 8.19. The SMILES string of the molecule is Cc1nccc(-c2c(C)nc(N3CCC4(CC3)Cc3cccnc3O4)c3ccnn23)c1Cl. The van der Waals surface area contributed by atoms with E-state index in [0.717, 1.165) is 72.2 Å². The predicted octanol–water partition coefficient (Wildman–Crippen LogP) is 4.43. The average molecular weight is 447 g/mol. The highest BCUT2D eigenvalue weighted by molar-refractivity contribution is 6.33. The summed E-state index contributed by atoms with van der Waals surface area (Å²) in [5.41, 5.74) is 5.51. The summed E-state index contributed by atoms with van der Waals surface area (Å²) in [4.78, 5) is 16.1. The molecule has 7 nitrogen and oxygen atoms in total. The number of fused-ring (bicyclic) bond motifs is 2. The standard InChI is InChI=1S/C24H23ClN6O/c1-15-20(25)18(5-10-26-15)21-16(2)29-22(19-6-11-28-31(19)21)30-12-7-24(8-13-30)14-17-4-3-9-27-23(17)32-24/h3-6,9-11H,7-8,12-14H2,1-2H3. The van der Waals surface area contributed by atoms with Crippen molar-refractivity contribution >= 4 is 22.9 Å². The van der Waals surface area contributed by atoms with Gasteiger partial charge in [-0.15, -0.1) is 0 Å². The maximum Gasteiger partial charge on any atom is 0.217 e. The van der Waals surface area contributed by atoms with E-state index in [1.165, 1.54) is 5.56 Å². The molecule has 2 aliphatic heterocycles. The Balaban J connectivity index is 1.34. The van der Waals surface area contributed by atoms with Gasteiger partial charge in [-0.05, 0) is 32.0 Å². The molecule has 0 saturated carbocycles. The van der Waals surface area contributed by atoms with Crippen molar-refractivity contribution in [3.05, 3.63) is 64.8 Å². The van der Waals surface area contributed by atoms with Gasteiger partial charge < -0.3 is 9.64 Å². The van der Waals surface area contributed by atoms with Crippen LogP contribution in [0.4, 0.5) is 5.82 Å². The molecule has 4 aromatic rings. The number of aryl methyl sites for hydroxylation is 2. The van der Waals surface area contributed by atoms with Crippen LogP contribution in [-0.4, -0.2) is 43.3 Å². The summed E-state index contributed by atoms with van der Waals surface area (Å²) in [6.45, 7) is 5.66. The van der Waals surface area contributed by atoms with Gasteiger partial charge >= 0.3 is 0 Å². The third kappa shape index (κ3) is 2.95. The van der Waals surface area contributed by atoms with Crippen molar-refractivity contribution in [3.63, 3.8) is 0 Å². The molecule has 1 spiro atoms. The molecular weight excluding hydrogens is 424 g/mol. The van der Waals surface area contributed by atoms with Crippen LogP contribution in [-0.2, 0) is 6.42 Å². The molecule has 0 aliphatic carbocycles. The summed E-state index contributed by atoms with van der Waals surface area (Å²) in [6, 6.07) is 8.05. The number of hydrogen-bond acceptors (Lipinski definition) is 6. The lowest BCUT2D eigenvalue weighted by molar-refractivity contribution is 0.0628. The molecule has 4 aromatic heterocycles. The van der Waals surface area contributed by atoms with Crippen molar-refractivity contribution in [2.75, 3.05) is 18.0 Å². The second kappa shape index (κ2) is 7.17. The highest BCUT2D eigenvalue weighted by atomic mass is 35.5. The lowest BCUT2D eigenvalue weighted by Gasteiger charge is -2.39. The number of ether oxygens (including phenoxy) is 1. The van der Waals surface area contributed by atoms with E-state index in [1.54, 1.807) is 12.4 Å². The van der Waals surface area contributed by atoms with Gasteiger partial charge in [0.2, 0.25) is 5.88 Å². The van der Waals surface area contributed by atoms with Crippen LogP contribution in [0.1, 0.15) is 29.8 Å². The van der Waals surface area contributed by atoms with Gasteiger partial charge in [-0.1, -0.05) is 17.7 Å². The van der Waals surface area contributed by atoms with Crippen LogP contribution in [0.15, 0.2) is 42.9 Å². The fourth-order valence-corrected chi connectivity index (χ4v) is 5.19. The van der Waals surface area contributed by atoms with E-state index >= 15 is 0 Å². The smallest absolute Gasteiger partial charge is 0.217 e. The quantitative estimate of drug-likeness (QED) is 0.453. The molecule has 6 heterocycles. The highest BCUT2D eigenvalue weighted by Crippen LogP contribution is 2.41. The van der Waals surface area contributed by atoms with Crippen LogP contribution >= 0.6 is 11.6 Å². The molecule has 2 aliphatic rings. The molecule has 0 N–H and O–H groups in total. The first-order valence-corrected chi connectivity index (χ1v) is 11.3. The van der Waals surface area contributed by atoms with Gasteiger partial charge in [-0.3, -0.25) is 4.98 Å². The number of pyridine rings is 2. The van der Waals surface area contributed by atoms with E-state index in [-0.39, 0.29) is 5.60 Å². The monoisotopic (exact) mass is 446 g/mol. The zero-order chi connectivity index (χ0) is 21.9. The molecule has 162 valence electrons. The van der Waals surface area contributed by atoms with Crippen molar-refractivity contribution in [2.24, 2.45) is 0 Å². The molecule has 0 atom stereocenters. The molecule has 1 fully saturated rings. The fourth-order valence-electron chi connectivity index (χ4n) is 4.99. The van der Waals surface area contributed by atoms with E-state index in [4.69, 9.17) is 21.3 Å². The Morgan fingerprint density at radius 3 is 2.66 bits per heavy atom. The topological polar surface area (TPSA) is 68.4 Å². The van der Waals surface area contributed by atoms with E-state index in [2.05, 4.69) is 26.0 Å². The molecular formula is C24H23ClN6O. The minimum absolute atomic E-state index is 0.152. The molecule has 0 amide bonds. The van der Waals surface area contributed by atoms with Crippen molar-refractivity contribution in [3.8, 4) is 17.1 Å². The van der Waals surface area contributed by atoms with Crippen molar-refractivity contribution < 1.29 is 4.74 Å². The number of aromatic nitrogens is 5. The zero-order valence-corrected chi connectivity index (χ0v) is 18.8. The maximum atomic E-state index is 6.60. The lowest BCUT2D eigenvalue weighted by Crippen LogP contribution is -2.47. The Kier molecular flexibility index (Phi) is 4.37. The van der Waals surface area contributed by atoms with Crippen molar-refractivity contribution in [1.29, 1.82) is 0 Å². The van der Waals surface area contributed by atoms with E-state index in [0.29, 0.717) is 5.02 Å². The van der Waals surface area contributed by atoms with Crippen LogP contribution in [0.2, 0.25) is 5.02 Å². The van der Waals surface area contributed by atoms with Crippen LogP contribution in [0.3, 0.4) is 0 Å². The van der Waals surface area contributed by atoms with Crippen LogP contribution < -0.4 is 9.64 Å². The van der Waals surface area contributed by atoms with Gasteiger partial charge in [0, 0.05) is 55.9 Å². The first-order valence-electron chi connectivity index (χ1n) is 10.9. The molecule has 0 aromatic carbocycles. The number of anilines is 1. The Hall–Kier alpha value is -3.19. The summed E-state index contributed by atoms with van der Waals surface area (Å²) in [5, 5.41) is 5.25. The third-order valence-corrected chi connectivity index (χ3v) is 7.15. The van der Waals surface area contributed by atoms with Gasteiger partial charge in [0.1, 0.15) is 11.1 Å². The normalized spacial score (nSPS) is 17.0. The average Bonchev–Trinajstić information content (AvgIpc) is 3.41. The number of nitrogens with zero attached hydrogens (tertiary/aromatic N) is 6. The van der Waals surface area contributed by atoms with Gasteiger partial charge in [-0.2, -0.15) is 5.10 Å². The van der Waals surface area contributed by atoms with E-state index in [9.17, 15) is 0 Å². The zero-order valence-electron chi connectivity index (χ0n) is 18.0. The summed E-state index contributed by atoms with van der Waals surface area (Å²) in [7, 11) is 0. The molecule has 1 saturated heterocycles. The summed E-state index contributed by atoms with van der Waals surface area (Å²) < 4.78 is 8.27. The number of rotatable bonds is 2. The summed E-state index contributed by atoms with van der Waals surface area (Å²) in [5.74, 6) is 1.75. The maximum absolute atomic E-state index is 6.60. The molecule has 32 heavy (non-hydrogen) atoms. The first-order chi connectivity index (χ1) is 15.5. The molecule has 0 bridgehead atoms. The predicted molar refractivity (Wildman–Crippen MR) is 123 cm³/mol. The molecule has 0 unspecified atom stereocenters. The van der Waals surface area contributed by atoms with Crippen LogP contribution in [0.25, 0.3) is 16.8 Å². The minimum atomic E-state index is -0.152. The van der Waals surface area contributed by atoms with Crippen molar-refractivity contribution in [2.45, 2.75) is 38.7 Å².